The van der Waals surface area contributed by atoms with Crippen molar-refractivity contribution in [2.75, 3.05) is 13.7 Å². The lowest BCUT2D eigenvalue weighted by atomic mass is 10.1. The molecule has 0 aliphatic heterocycles. The smallest absolute Gasteiger partial charge is 0.332 e. The van der Waals surface area contributed by atoms with E-state index >= 15 is 0 Å². The number of nitrogens with one attached hydrogen (secondary N) is 1. The fourth-order valence-electron chi connectivity index (χ4n) is 1.56. The van der Waals surface area contributed by atoms with E-state index in [1.165, 1.54) is 7.11 Å². The van der Waals surface area contributed by atoms with E-state index < -0.39 is 12.1 Å². The van der Waals surface area contributed by atoms with Gasteiger partial charge in [0, 0.05) is 25.6 Å². The molecule has 104 valence electrons. The summed E-state index contributed by atoms with van der Waals surface area (Å²) >= 11 is 0. The molecule has 19 heavy (non-hydrogen) atoms. The molecule has 1 aromatic rings. The van der Waals surface area contributed by atoms with Crippen LogP contribution in [0.1, 0.15) is 22.3 Å². The van der Waals surface area contributed by atoms with Gasteiger partial charge < -0.3 is 20.3 Å². The van der Waals surface area contributed by atoms with Crippen molar-refractivity contribution < 1.29 is 24.5 Å². The van der Waals surface area contributed by atoms with Gasteiger partial charge in [-0.2, -0.15) is 0 Å². The first-order valence-corrected chi connectivity index (χ1v) is 5.82. The largest absolute Gasteiger partial charge is 0.479 e. The summed E-state index contributed by atoms with van der Waals surface area (Å²) in [7, 11) is 1.54. The Hall–Kier alpha value is -1.92. The van der Waals surface area contributed by atoms with E-state index in [9.17, 15) is 9.59 Å². The number of aliphatic hydroxyl groups excluding tert-OH is 1. The zero-order valence-electron chi connectivity index (χ0n) is 10.6. The molecule has 1 amide bonds. The fourth-order valence-corrected chi connectivity index (χ4v) is 1.56. The van der Waals surface area contributed by atoms with Crippen LogP contribution in [0.3, 0.4) is 0 Å². The zero-order chi connectivity index (χ0) is 14.3. The number of carboxylic acids is 1. The number of benzene rings is 1. The molecule has 3 N–H and O–H groups in total. The van der Waals surface area contributed by atoms with Crippen LogP contribution in [0.4, 0.5) is 0 Å². The van der Waals surface area contributed by atoms with Gasteiger partial charge in [-0.05, 0) is 11.6 Å². The molecule has 0 aliphatic rings. The average Bonchev–Trinajstić information content (AvgIpc) is 2.39. The van der Waals surface area contributed by atoms with Crippen molar-refractivity contribution in [2.45, 2.75) is 19.1 Å². The number of aliphatic hydroxyl groups is 1. The number of carboxylic acid groups (broad SMARTS) is 1. The van der Waals surface area contributed by atoms with Gasteiger partial charge in [-0.1, -0.05) is 18.2 Å². The molecular formula is C13H17NO5. The number of hydrogen-bond donors (Lipinski definition) is 3. The van der Waals surface area contributed by atoms with Gasteiger partial charge in [0.25, 0.3) is 5.91 Å². The summed E-state index contributed by atoms with van der Waals surface area (Å²) in [6.45, 7) is 0.412. The highest BCUT2D eigenvalue weighted by Gasteiger charge is 2.14. The molecule has 0 unspecified atom stereocenters. The minimum absolute atomic E-state index is 0.0342. The number of methoxy groups -OCH3 is 1. The molecule has 0 saturated heterocycles. The first-order chi connectivity index (χ1) is 9.06. The lowest BCUT2D eigenvalue weighted by Crippen LogP contribution is -2.30. The molecule has 1 rings (SSSR count). The van der Waals surface area contributed by atoms with Crippen LogP contribution in [0.25, 0.3) is 0 Å². The summed E-state index contributed by atoms with van der Waals surface area (Å²) in [5.41, 5.74) is 1.23. The number of ether oxygens (including phenoxy) is 1. The van der Waals surface area contributed by atoms with E-state index in [0.29, 0.717) is 12.2 Å². The topological polar surface area (TPSA) is 95.9 Å². The molecule has 6 heteroatoms. The first kappa shape index (κ1) is 15.1. The Labute approximate surface area is 111 Å². The van der Waals surface area contributed by atoms with Gasteiger partial charge in [-0.15, -0.1) is 0 Å². The quantitative estimate of drug-likeness (QED) is 0.664. The number of carbonyl (C=O) groups is 2. The summed E-state index contributed by atoms with van der Waals surface area (Å²) in [5.74, 6) is -1.61. The van der Waals surface area contributed by atoms with Gasteiger partial charge in [0.2, 0.25) is 0 Å². The predicted molar refractivity (Wildman–Crippen MR) is 67.7 cm³/mol. The molecule has 1 aromatic carbocycles. The second kappa shape index (κ2) is 7.50. The van der Waals surface area contributed by atoms with Crippen molar-refractivity contribution in [1.82, 2.24) is 5.32 Å². The second-order valence-electron chi connectivity index (χ2n) is 3.99. The average molecular weight is 267 g/mol. The summed E-state index contributed by atoms with van der Waals surface area (Å²) in [5, 5.41) is 20.1. The third-order valence-electron chi connectivity index (χ3n) is 2.55. The van der Waals surface area contributed by atoms with E-state index in [0.717, 1.165) is 5.56 Å². The number of hydrogen-bond acceptors (Lipinski definition) is 4. The van der Waals surface area contributed by atoms with E-state index in [1.807, 2.05) is 0 Å². The van der Waals surface area contributed by atoms with Crippen molar-refractivity contribution in [3.63, 3.8) is 0 Å². The summed E-state index contributed by atoms with van der Waals surface area (Å²) in [6, 6.07) is 6.99. The number of carbonyl (C=O) groups excluding carboxylic acids is 1. The van der Waals surface area contributed by atoms with Gasteiger partial charge in [0.1, 0.15) is 0 Å². The summed E-state index contributed by atoms with van der Waals surface area (Å²) in [6.07, 6.45) is -1.50. The zero-order valence-corrected chi connectivity index (χ0v) is 10.6. The monoisotopic (exact) mass is 267 g/mol. The minimum atomic E-state index is -1.46. The Balaban J connectivity index is 2.56. The molecule has 0 aromatic heterocycles. The van der Waals surface area contributed by atoms with Crippen molar-refractivity contribution in [3.8, 4) is 0 Å². The third-order valence-corrected chi connectivity index (χ3v) is 2.55. The van der Waals surface area contributed by atoms with Crippen LogP contribution in [-0.2, 0) is 16.1 Å². The lowest BCUT2D eigenvalue weighted by molar-refractivity contribution is -0.146. The van der Waals surface area contributed by atoms with Crippen LogP contribution in [0.5, 0.6) is 0 Å². The number of aliphatic carboxylic acids is 1. The van der Waals surface area contributed by atoms with Gasteiger partial charge in [0.15, 0.2) is 6.10 Å². The van der Waals surface area contributed by atoms with Gasteiger partial charge in [0.05, 0.1) is 6.61 Å². The number of amides is 1. The molecule has 1 atom stereocenters. The Morgan fingerprint density at radius 3 is 2.68 bits per heavy atom. The van der Waals surface area contributed by atoms with Crippen molar-refractivity contribution >= 4 is 11.9 Å². The SMILES string of the molecule is COCc1ccccc1C(=O)NCC[C@H](O)C(=O)O. The maximum atomic E-state index is 11.9. The molecule has 0 fully saturated rings. The van der Waals surface area contributed by atoms with Crippen LogP contribution < -0.4 is 5.32 Å². The number of rotatable bonds is 7. The maximum absolute atomic E-state index is 11.9. The molecule has 0 saturated carbocycles. The van der Waals surface area contributed by atoms with E-state index in [1.54, 1.807) is 24.3 Å². The molecule has 0 bridgehead atoms. The van der Waals surface area contributed by atoms with E-state index in [2.05, 4.69) is 5.32 Å². The Morgan fingerprint density at radius 2 is 2.05 bits per heavy atom. The van der Waals surface area contributed by atoms with Crippen molar-refractivity contribution in [1.29, 1.82) is 0 Å². The van der Waals surface area contributed by atoms with Crippen molar-refractivity contribution in [3.05, 3.63) is 35.4 Å². The summed E-state index contributed by atoms with van der Waals surface area (Å²) < 4.78 is 5.00. The van der Waals surface area contributed by atoms with Gasteiger partial charge in [-0.3, -0.25) is 4.79 Å². The Bertz CT molecular complexity index is 446. The molecular weight excluding hydrogens is 250 g/mol. The predicted octanol–water partition coefficient (Wildman–Crippen LogP) is 0.398. The molecule has 0 heterocycles. The van der Waals surface area contributed by atoms with Crippen LogP contribution in [-0.4, -0.2) is 41.8 Å². The van der Waals surface area contributed by atoms with E-state index in [-0.39, 0.29) is 18.9 Å². The normalized spacial score (nSPS) is 11.9. The molecule has 0 spiro atoms. The van der Waals surface area contributed by atoms with Crippen LogP contribution in [0, 0.1) is 0 Å². The standard InChI is InChI=1S/C13H17NO5/c1-19-8-9-4-2-3-5-10(9)12(16)14-7-6-11(15)13(17)18/h2-5,11,15H,6-8H2,1H3,(H,14,16)(H,17,18)/t11-/m0/s1. The summed E-state index contributed by atoms with van der Waals surface area (Å²) in [4.78, 5) is 22.3. The highest BCUT2D eigenvalue weighted by molar-refractivity contribution is 5.95. The van der Waals surface area contributed by atoms with Gasteiger partial charge >= 0.3 is 5.97 Å². The fraction of sp³-hybridized carbons (Fsp3) is 0.385. The minimum Gasteiger partial charge on any atom is -0.479 e. The Morgan fingerprint density at radius 1 is 1.37 bits per heavy atom. The molecule has 0 radical (unpaired) electrons. The maximum Gasteiger partial charge on any atom is 0.332 e. The van der Waals surface area contributed by atoms with Crippen LogP contribution in [0.15, 0.2) is 24.3 Å². The highest BCUT2D eigenvalue weighted by Crippen LogP contribution is 2.09. The highest BCUT2D eigenvalue weighted by atomic mass is 16.5. The molecule has 0 aliphatic carbocycles. The van der Waals surface area contributed by atoms with E-state index in [4.69, 9.17) is 14.9 Å². The lowest BCUT2D eigenvalue weighted by Gasteiger charge is -2.10. The Kier molecular flexibility index (Phi) is 5.98. The van der Waals surface area contributed by atoms with Crippen LogP contribution in [0.2, 0.25) is 0 Å². The van der Waals surface area contributed by atoms with Crippen molar-refractivity contribution in [2.24, 2.45) is 0 Å². The third kappa shape index (κ3) is 4.69. The first-order valence-electron chi connectivity index (χ1n) is 5.82. The van der Waals surface area contributed by atoms with Gasteiger partial charge in [-0.25, -0.2) is 4.79 Å². The second-order valence-corrected chi connectivity index (χ2v) is 3.99. The van der Waals surface area contributed by atoms with Crippen LogP contribution >= 0.6 is 0 Å². The molecule has 6 nitrogen and oxygen atoms in total.